The van der Waals surface area contributed by atoms with E-state index in [9.17, 15) is 23.1 Å². The third-order valence-corrected chi connectivity index (χ3v) is 4.81. The summed E-state index contributed by atoms with van der Waals surface area (Å²) in [5, 5.41) is 16.3. The smallest absolute Gasteiger partial charge is 0.481 e. The molecule has 0 aliphatic heterocycles. The van der Waals surface area contributed by atoms with Crippen molar-refractivity contribution >= 4 is 28.9 Å². The number of aromatic nitrogens is 2. The fourth-order valence-electron chi connectivity index (χ4n) is 3.48. The average Bonchev–Trinajstić information content (AvgIpc) is 3.06. The molecule has 3 aromatic rings. The quantitative estimate of drug-likeness (QED) is 0.373. The highest BCUT2D eigenvalue weighted by Gasteiger charge is 2.38. The number of ether oxygens (including phenoxy) is 1. The highest BCUT2D eigenvalue weighted by molar-refractivity contribution is 5.80. The first-order chi connectivity index (χ1) is 16.2. The molecule has 0 bridgehead atoms. The van der Waals surface area contributed by atoms with Crippen LogP contribution in [0.3, 0.4) is 0 Å². The summed E-state index contributed by atoms with van der Waals surface area (Å²) in [7, 11) is 0. The van der Waals surface area contributed by atoms with Gasteiger partial charge in [0.2, 0.25) is 5.95 Å². The molecular weight excluding hydrogens is 467 g/mol. The van der Waals surface area contributed by atoms with Gasteiger partial charge in [-0.1, -0.05) is 39.0 Å². The predicted octanol–water partition coefficient (Wildman–Crippen LogP) is 5.89. The molecule has 35 heavy (non-hydrogen) atoms. The highest BCUT2D eigenvalue weighted by Crippen LogP contribution is 2.36. The van der Waals surface area contributed by atoms with E-state index in [0.29, 0.717) is 18.1 Å². The number of aliphatic carboxylic acids is 2. The second-order valence-corrected chi connectivity index (χ2v) is 9.06. The molecule has 0 saturated heterocycles. The maximum absolute atomic E-state index is 11.2. The zero-order valence-electron chi connectivity index (χ0n) is 19.5. The zero-order valence-corrected chi connectivity index (χ0v) is 19.5. The van der Waals surface area contributed by atoms with E-state index in [1.807, 2.05) is 53.1 Å². The minimum absolute atomic E-state index is 0.0182. The van der Waals surface area contributed by atoms with E-state index in [1.54, 1.807) is 0 Å². The lowest BCUT2D eigenvalue weighted by Gasteiger charge is -2.28. The van der Waals surface area contributed by atoms with Gasteiger partial charge in [-0.05, 0) is 42.5 Å². The summed E-state index contributed by atoms with van der Waals surface area (Å²) in [6.45, 7) is 6.42. The van der Waals surface area contributed by atoms with E-state index in [1.165, 1.54) is 0 Å². The molecule has 1 aromatic heterocycles. The van der Waals surface area contributed by atoms with Crippen LogP contribution in [0.4, 0.5) is 19.1 Å². The SMILES string of the molecule is CC(C)(C)C[C@H](CCC(=O)O)n1c(N)nc2ccc(Oc3ccccc3)cc21.O=C(O)C(F)(F)F. The first-order valence-electron chi connectivity index (χ1n) is 10.7. The summed E-state index contributed by atoms with van der Waals surface area (Å²) in [4.78, 5) is 24.5. The number of carbonyl (C=O) groups is 2. The van der Waals surface area contributed by atoms with Crippen molar-refractivity contribution in [2.45, 2.75) is 52.3 Å². The van der Waals surface area contributed by atoms with E-state index in [0.717, 1.165) is 23.2 Å². The number of hydrogen-bond acceptors (Lipinski definition) is 5. The summed E-state index contributed by atoms with van der Waals surface area (Å²) in [6, 6.07) is 15.2. The lowest BCUT2D eigenvalue weighted by atomic mass is 9.86. The molecule has 0 saturated carbocycles. The monoisotopic (exact) mass is 495 g/mol. The number of nitrogens with two attached hydrogens (primary N) is 1. The molecule has 1 heterocycles. The molecule has 190 valence electrons. The first-order valence-corrected chi connectivity index (χ1v) is 10.7. The van der Waals surface area contributed by atoms with Crippen LogP contribution in [0.1, 0.15) is 46.1 Å². The zero-order chi connectivity index (χ0) is 26.4. The molecule has 3 rings (SSSR count). The normalized spacial score (nSPS) is 12.5. The Bertz CT molecular complexity index is 1150. The number of rotatable bonds is 7. The Morgan fingerprint density at radius 2 is 1.66 bits per heavy atom. The number of anilines is 1. The molecule has 4 N–H and O–H groups in total. The predicted molar refractivity (Wildman–Crippen MR) is 124 cm³/mol. The highest BCUT2D eigenvalue weighted by atomic mass is 19.4. The molecule has 11 heteroatoms. The molecule has 0 spiro atoms. The topological polar surface area (TPSA) is 128 Å². The van der Waals surface area contributed by atoms with Gasteiger partial charge in [-0.25, -0.2) is 9.78 Å². The van der Waals surface area contributed by atoms with Crippen LogP contribution in [-0.4, -0.2) is 37.9 Å². The van der Waals surface area contributed by atoms with Gasteiger partial charge >= 0.3 is 18.1 Å². The van der Waals surface area contributed by atoms with Gasteiger partial charge in [-0.2, -0.15) is 13.2 Å². The van der Waals surface area contributed by atoms with E-state index in [2.05, 4.69) is 25.8 Å². The fourth-order valence-corrected chi connectivity index (χ4v) is 3.48. The number of hydrogen-bond donors (Lipinski definition) is 3. The van der Waals surface area contributed by atoms with E-state index in [4.69, 9.17) is 20.4 Å². The summed E-state index contributed by atoms with van der Waals surface area (Å²) in [5.41, 5.74) is 7.89. The van der Waals surface area contributed by atoms with Crippen LogP contribution in [0, 0.1) is 5.41 Å². The van der Waals surface area contributed by atoms with E-state index >= 15 is 0 Å². The molecule has 0 radical (unpaired) electrons. The second-order valence-electron chi connectivity index (χ2n) is 9.06. The molecular formula is C24H28F3N3O5. The Morgan fingerprint density at radius 3 is 2.17 bits per heavy atom. The van der Waals surface area contributed by atoms with Crippen LogP contribution in [0.2, 0.25) is 0 Å². The molecule has 2 aromatic carbocycles. The molecule has 0 aliphatic rings. The lowest BCUT2D eigenvalue weighted by Crippen LogP contribution is -2.21. The number of fused-ring (bicyclic) bond motifs is 1. The summed E-state index contributed by atoms with van der Waals surface area (Å²) in [6.07, 6.45) is -3.72. The summed E-state index contributed by atoms with van der Waals surface area (Å²) >= 11 is 0. The number of carboxylic acids is 2. The third kappa shape index (κ3) is 8.51. The van der Waals surface area contributed by atoms with Crippen molar-refractivity contribution in [2.24, 2.45) is 5.41 Å². The number of para-hydroxylation sites is 1. The Hall–Kier alpha value is -3.76. The molecule has 1 atom stereocenters. The van der Waals surface area contributed by atoms with Crippen LogP contribution < -0.4 is 10.5 Å². The molecule has 0 amide bonds. The Morgan fingerprint density at radius 1 is 1.06 bits per heavy atom. The van der Waals surface area contributed by atoms with Gasteiger partial charge in [0, 0.05) is 18.5 Å². The van der Waals surface area contributed by atoms with Crippen molar-refractivity contribution in [1.29, 1.82) is 0 Å². The molecule has 0 fully saturated rings. The van der Waals surface area contributed by atoms with Crippen molar-refractivity contribution in [3.8, 4) is 11.5 Å². The van der Waals surface area contributed by atoms with Crippen LogP contribution >= 0.6 is 0 Å². The Kier molecular flexibility index (Phi) is 8.72. The number of imidazole rings is 1. The van der Waals surface area contributed by atoms with Crippen LogP contribution in [0.5, 0.6) is 11.5 Å². The van der Waals surface area contributed by atoms with Gasteiger partial charge in [0.15, 0.2) is 0 Å². The van der Waals surface area contributed by atoms with E-state index in [-0.39, 0.29) is 17.9 Å². The minimum atomic E-state index is -5.08. The fraction of sp³-hybridized carbons (Fsp3) is 0.375. The largest absolute Gasteiger partial charge is 0.490 e. The maximum atomic E-state index is 11.2. The van der Waals surface area contributed by atoms with Crippen molar-refractivity contribution in [3.63, 3.8) is 0 Å². The van der Waals surface area contributed by atoms with Gasteiger partial charge in [-0.3, -0.25) is 4.79 Å². The van der Waals surface area contributed by atoms with Gasteiger partial charge in [-0.15, -0.1) is 0 Å². The number of carboxylic acid groups (broad SMARTS) is 2. The molecule has 8 nitrogen and oxygen atoms in total. The van der Waals surface area contributed by atoms with Gasteiger partial charge in [0.25, 0.3) is 0 Å². The number of benzene rings is 2. The molecule has 0 aliphatic carbocycles. The van der Waals surface area contributed by atoms with Crippen LogP contribution in [-0.2, 0) is 9.59 Å². The van der Waals surface area contributed by atoms with Crippen molar-refractivity contribution in [1.82, 2.24) is 9.55 Å². The third-order valence-electron chi connectivity index (χ3n) is 4.81. The Labute approximate surface area is 200 Å². The van der Waals surface area contributed by atoms with Gasteiger partial charge in [0.05, 0.1) is 11.0 Å². The van der Waals surface area contributed by atoms with Gasteiger partial charge < -0.3 is 25.3 Å². The standard InChI is InChI=1S/C22H27N3O3.C2HF3O2/c1-22(2,3)14-15(9-12-20(26)27)25-19-13-17(10-11-18(19)24-21(25)23)28-16-7-5-4-6-8-16;3-2(4,5)1(6)7/h4-8,10-11,13,15H,9,12,14H2,1-3H3,(H2,23,24)(H,26,27);(H,6,7)/t15-;/m0./s1. The van der Waals surface area contributed by atoms with Gasteiger partial charge in [0.1, 0.15) is 11.5 Å². The summed E-state index contributed by atoms with van der Waals surface area (Å²) < 4.78 is 39.6. The van der Waals surface area contributed by atoms with Crippen LogP contribution in [0.25, 0.3) is 11.0 Å². The first kappa shape index (κ1) is 27.5. The number of nitrogens with zero attached hydrogens (tertiary/aromatic N) is 2. The minimum Gasteiger partial charge on any atom is -0.481 e. The summed E-state index contributed by atoms with van der Waals surface area (Å²) in [5.74, 6) is -1.74. The number of alkyl halides is 3. The second kappa shape index (κ2) is 11.1. The van der Waals surface area contributed by atoms with Crippen molar-refractivity contribution in [2.75, 3.05) is 5.73 Å². The maximum Gasteiger partial charge on any atom is 0.490 e. The average molecular weight is 495 g/mol. The van der Waals surface area contributed by atoms with Crippen molar-refractivity contribution in [3.05, 3.63) is 48.5 Å². The van der Waals surface area contributed by atoms with E-state index < -0.39 is 18.1 Å². The molecule has 0 unspecified atom stereocenters. The van der Waals surface area contributed by atoms with Crippen LogP contribution in [0.15, 0.2) is 48.5 Å². The lowest BCUT2D eigenvalue weighted by molar-refractivity contribution is -0.192. The number of halogens is 3. The van der Waals surface area contributed by atoms with Crippen molar-refractivity contribution < 1.29 is 37.7 Å². The number of nitrogen functional groups attached to an aromatic ring is 1. The Balaban J connectivity index is 0.000000540.